The number of nitrogens with zero attached hydrogens (tertiary/aromatic N) is 3. The van der Waals surface area contributed by atoms with Crippen LogP contribution in [-0.4, -0.2) is 14.8 Å². The van der Waals surface area contributed by atoms with Crippen LogP contribution in [0.5, 0.6) is 0 Å². The van der Waals surface area contributed by atoms with E-state index in [1.807, 2.05) is 20.2 Å². The highest BCUT2D eigenvalue weighted by atomic mass is 15.3. The van der Waals surface area contributed by atoms with Crippen molar-refractivity contribution in [2.45, 2.75) is 13.8 Å². The lowest BCUT2D eigenvalue weighted by Crippen LogP contribution is -1.93. The summed E-state index contributed by atoms with van der Waals surface area (Å²) in [6.45, 7) is 4.08. The molecule has 0 N–H and O–H groups in total. The molecule has 0 aliphatic carbocycles. The Balaban J connectivity index is 2.93. The molecular formula is C9H10N3. The van der Waals surface area contributed by atoms with Crippen molar-refractivity contribution in [3.63, 3.8) is 0 Å². The van der Waals surface area contributed by atoms with Crippen LogP contribution in [0.1, 0.15) is 11.1 Å². The summed E-state index contributed by atoms with van der Waals surface area (Å²) < 4.78 is 1.76. The Bertz CT molecular complexity index is 429. The van der Waals surface area contributed by atoms with Gasteiger partial charge in [-0.1, -0.05) is 0 Å². The highest BCUT2D eigenvalue weighted by molar-refractivity contribution is 5.78. The Kier molecular flexibility index (Phi) is 1.40. The number of fused-ring (bicyclic) bond motifs is 1. The van der Waals surface area contributed by atoms with E-state index in [9.17, 15) is 0 Å². The van der Waals surface area contributed by atoms with Gasteiger partial charge in [0.05, 0.1) is 12.4 Å². The summed E-state index contributed by atoms with van der Waals surface area (Å²) in [6.07, 6.45) is 4.80. The molecule has 0 bridgehead atoms. The van der Waals surface area contributed by atoms with E-state index in [4.69, 9.17) is 0 Å². The maximum Gasteiger partial charge on any atom is 0.158 e. The van der Waals surface area contributed by atoms with Crippen LogP contribution in [-0.2, 0) is 7.05 Å². The molecule has 0 atom stereocenters. The van der Waals surface area contributed by atoms with Crippen LogP contribution >= 0.6 is 0 Å². The van der Waals surface area contributed by atoms with Crippen molar-refractivity contribution in [1.82, 2.24) is 14.8 Å². The van der Waals surface area contributed by atoms with Gasteiger partial charge in [-0.15, -0.1) is 0 Å². The third kappa shape index (κ3) is 0.826. The number of rotatable bonds is 0. The highest BCUT2D eigenvalue weighted by Gasteiger charge is 2.04. The number of aryl methyl sites for hydroxylation is 3. The highest BCUT2D eigenvalue weighted by Crippen LogP contribution is 2.16. The smallest absolute Gasteiger partial charge is 0.158 e. The lowest BCUT2D eigenvalue weighted by Gasteiger charge is -1.98. The van der Waals surface area contributed by atoms with E-state index in [2.05, 4.69) is 23.2 Å². The summed E-state index contributed by atoms with van der Waals surface area (Å²) in [6, 6.07) is 0. The minimum Gasteiger partial charge on any atom is -0.250 e. The van der Waals surface area contributed by atoms with Gasteiger partial charge >= 0.3 is 0 Å². The van der Waals surface area contributed by atoms with Crippen molar-refractivity contribution in [2.24, 2.45) is 7.05 Å². The Morgan fingerprint density at radius 3 is 2.92 bits per heavy atom. The largest absolute Gasteiger partial charge is 0.250 e. The van der Waals surface area contributed by atoms with E-state index in [0.29, 0.717) is 0 Å². The first-order valence-electron chi connectivity index (χ1n) is 3.86. The van der Waals surface area contributed by atoms with Crippen LogP contribution in [0.3, 0.4) is 0 Å². The maximum absolute atomic E-state index is 4.18. The van der Waals surface area contributed by atoms with Crippen molar-refractivity contribution in [3.8, 4) is 0 Å². The first kappa shape index (κ1) is 7.28. The zero-order chi connectivity index (χ0) is 8.72. The van der Waals surface area contributed by atoms with Gasteiger partial charge in [0, 0.05) is 12.4 Å². The van der Waals surface area contributed by atoms with Crippen LogP contribution in [0.2, 0.25) is 0 Å². The van der Waals surface area contributed by atoms with Gasteiger partial charge in [0.15, 0.2) is 5.65 Å². The second kappa shape index (κ2) is 2.30. The molecule has 0 aliphatic rings. The van der Waals surface area contributed by atoms with Crippen LogP contribution in [0, 0.1) is 20.0 Å². The normalized spacial score (nSPS) is 10.9. The van der Waals surface area contributed by atoms with Gasteiger partial charge in [0.2, 0.25) is 0 Å². The fourth-order valence-corrected chi connectivity index (χ4v) is 1.25. The van der Waals surface area contributed by atoms with Crippen molar-refractivity contribution < 1.29 is 0 Å². The number of pyridine rings is 1. The predicted molar refractivity (Wildman–Crippen MR) is 46.8 cm³/mol. The molecule has 2 rings (SSSR count). The van der Waals surface area contributed by atoms with Crippen molar-refractivity contribution in [2.75, 3.05) is 0 Å². The predicted octanol–water partition coefficient (Wildman–Crippen LogP) is 1.39. The zero-order valence-corrected chi connectivity index (χ0v) is 7.42. The van der Waals surface area contributed by atoms with Crippen molar-refractivity contribution >= 4 is 11.0 Å². The summed E-state index contributed by atoms with van der Waals surface area (Å²) in [5.41, 5.74) is 3.21. The maximum atomic E-state index is 4.18. The minimum absolute atomic E-state index is 0.901. The summed E-state index contributed by atoms with van der Waals surface area (Å²) in [4.78, 5) is 4.18. The van der Waals surface area contributed by atoms with Crippen LogP contribution in [0.4, 0.5) is 0 Å². The van der Waals surface area contributed by atoms with Gasteiger partial charge in [0.25, 0.3) is 0 Å². The van der Waals surface area contributed by atoms with E-state index in [1.54, 1.807) is 4.68 Å². The molecule has 0 saturated heterocycles. The first-order valence-corrected chi connectivity index (χ1v) is 3.86. The van der Waals surface area contributed by atoms with Gasteiger partial charge in [-0.3, -0.25) is 4.68 Å². The molecule has 0 saturated carbocycles. The first-order chi connectivity index (χ1) is 5.70. The molecule has 2 heterocycles. The Hall–Kier alpha value is -1.38. The van der Waals surface area contributed by atoms with Gasteiger partial charge in [-0.2, -0.15) is 5.10 Å². The van der Waals surface area contributed by atoms with Crippen molar-refractivity contribution in [3.05, 3.63) is 23.5 Å². The quantitative estimate of drug-likeness (QED) is 0.583. The van der Waals surface area contributed by atoms with Crippen LogP contribution < -0.4 is 0 Å². The molecule has 0 aliphatic heterocycles. The van der Waals surface area contributed by atoms with Crippen molar-refractivity contribution in [1.29, 1.82) is 0 Å². The summed E-state index contributed by atoms with van der Waals surface area (Å²) >= 11 is 0. The molecule has 3 nitrogen and oxygen atoms in total. The molecule has 1 radical (unpaired) electrons. The molecule has 12 heavy (non-hydrogen) atoms. The molecule has 3 heteroatoms. The van der Waals surface area contributed by atoms with Gasteiger partial charge in [0.1, 0.15) is 0 Å². The minimum atomic E-state index is 0.901. The second-order valence-electron chi connectivity index (χ2n) is 2.98. The Morgan fingerprint density at radius 1 is 1.42 bits per heavy atom. The third-order valence-electron chi connectivity index (χ3n) is 2.20. The zero-order valence-electron chi connectivity index (χ0n) is 7.42. The number of hydrogen-bond acceptors (Lipinski definition) is 2. The monoisotopic (exact) mass is 160 g/mol. The van der Waals surface area contributed by atoms with Crippen LogP contribution in [0.15, 0.2) is 6.20 Å². The summed E-state index contributed by atoms with van der Waals surface area (Å²) in [5, 5.41) is 5.25. The van der Waals surface area contributed by atoms with E-state index >= 15 is 0 Å². The van der Waals surface area contributed by atoms with E-state index in [1.165, 1.54) is 5.56 Å². The average Bonchev–Trinajstić information content (AvgIpc) is 2.41. The van der Waals surface area contributed by atoms with E-state index in [-0.39, 0.29) is 0 Å². The lowest BCUT2D eigenvalue weighted by molar-refractivity contribution is 0.786. The molecular weight excluding hydrogens is 150 g/mol. The molecule has 0 unspecified atom stereocenters. The lowest BCUT2D eigenvalue weighted by atomic mass is 10.1. The van der Waals surface area contributed by atoms with Gasteiger partial charge < -0.3 is 0 Å². The van der Waals surface area contributed by atoms with E-state index < -0.39 is 0 Å². The third-order valence-corrected chi connectivity index (χ3v) is 2.20. The molecule has 0 aromatic carbocycles. The van der Waals surface area contributed by atoms with Gasteiger partial charge in [-0.05, 0) is 25.0 Å². The fourth-order valence-electron chi connectivity index (χ4n) is 1.25. The Morgan fingerprint density at radius 2 is 2.17 bits per heavy atom. The number of aromatic nitrogens is 3. The Labute approximate surface area is 71.0 Å². The number of hydrogen-bond donors (Lipinski definition) is 0. The molecule has 61 valence electrons. The molecule has 2 aromatic rings. The molecule has 0 amide bonds. The summed E-state index contributed by atoms with van der Waals surface area (Å²) in [7, 11) is 1.89. The molecule has 0 spiro atoms. The SMILES string of the molecule is Cc1[c]nc2c(cnn2C)c1C. The van der Waals surface area contributed by atoms with E-state index in [0.717, 1.165) is 16.6 Å². The summed E-state index contributed by atoms with van der Waals surface area (Å²) in [5.74, 6) is 0. The molecule has 0 fully saturated rings. The average molecular weight is 160 g/mol. The molecule has 2 aromatic heterocycles. The standard InChI is InChI=1S/C9H10N3/c1-6-4-10-9-8(7(6)2)5-11-12(9)3/h5H,1-3H3. The van der Waals surface area contributed by atoms with Gasteiger partial charge in [-0.25, -0.2) is 4.98 Å². The van der Waals surface area contributed by atoms with Crippen LogP contribution in [0.25, 0.3) is 11.0 Å². The second-order valence-corrected chi connectivity index (χ2v) is 2.98. The topological polar surface area (TPSA) is 30.7 Å². The fraction of sp³-hybridized carbons (Fsp3) is 0.333.